The van der Waals surface area contributed by atoms with Crippen LogP contribution in [-0.2, 0) is 4.79 Å². The fourth-order valence-electron chi connectivity index (χ4n) is 3.94. The molecule has 2 heterocycles. The molecule has 0 aromatic rings. The summed E-state index contributed by atoms with van der Waals surface area (Å²) in [5.41, 5.74) is 5.45. The Balaban J connectivity index is 2.17. The minimum Gasteiger partial charge on any atom is -0.365 e. The first-order valence-corrected chi connectivity index (χ1v) is 6.77. The van der Waals surface area contributed by atoms with Crippen molar-refractivity contribution in [2.75, 3.05) is 19.6 Å². The molecule has 0 aliphatic carbocycles. The van der Waals surface area contributed by atoms with E-state index in [0.717, 1.165) is 17.6 Å². The van der Waals surface area contributed by atoms with Gasteiger partial charge in [-0.25, -0.2) is 0 Å². The number of amides is 1. The van der Waals surface area contributed by atoms with E-state index in [9.17, 15) is 4.79 Å². The van der Waals surface area contributed by atoms with Gasteiger partial charge in [-0.1, -0.05) is 0 Å². The van der Waals surface area contributed by atoms with Gasteiger partial charge < -0.3 is 10.2 Å². The minimum atomic E-state index is -0.151. The molecular formula is C13H26N3O+. The Bertz CT molecular complexity index is 316. The quantitative estimate of drug-likeness (QED) is 0.730. The van der Waals surface area contributed by atoms with E-state index >= 15 is 0 Å². The van der Waals surface area contributed by atoms with E-state index in [1.54, 1.807) is 0 Å². The third-order valence-electron chi connectivity index (χ3n) is 4.85. The SMILES string of the molecule is CC(C)N1C[C@@H]2C[C@H]1C[N+]2(CC(N)=O)C(C)C. The minimum absolute atomic E-state index is 0.151. The summed E-state index contributed by atoms with van der Waals surface area (Å²) in [5, 5.41) is 0. The van der Waals surface area contributed by atoms with Crippen molar-refractivity contribution < 1.29 is 9.28 Å². The van der Waals surface area contributed by atoms with E-state index in [4.69, 9.17) is 5.73 Å². The van der Waals surface area contributed by atoms with E-state index in [1.807, 2.05) is 0 Å². The maximum atomic E-state index is 11.3. The molecule has 4 heteroatoms. The van der Waals surface area contributed by atoms with Gasteiger partial charge >= 0.3 is 0 Å². The number of carbonyl (C=O) groups excluding carboxylic acids is 1. The molecule has 2 fully saturated rings. The third kappa shape index (κ3) is 1.97. The summed E-state index contributed by atoms with van der Waals surface area (Å²) >= 11 is 0. The summed E-state index contributed by atoms with van der Waals surface area (Å²) in [6.45, 7) is 11.7. The van der Waals surface area contributed by atoms with Gasteiger partial charge in [0, 0.05) is 12.5 Å². The molecule has 17 heavy (non-hydrogen) atoms. The standard InChI is InChI=1S/C13H25N3O/c1-9(2)15-6-12-5-11(15)7-16(12,10(3)4)8-13(14)17/h9-12H,5-8H2,1-4H3,(H-,14,17)/p+1/t11-,12-,16?/m0/s1. The van der Waals surface area contributed by atoms with Crippen LogP contribution in [0.2, 0.25) is 0 Å². The molecule has 4 nitrogen and oxygen atoms in total. The van der Waals surface area contributed by atoms with Gasteiger partial charge in [0.1, 0.15) is 6.04 Å². The van der Waals surface area contributed by atoms with E-state index in [-0.39, 0.29) is 5.91 Å². The van der Waals surface area contributed by atoms with Crippen LogP contribution in [0.15, 0.2) is 0 Å². The molecular weight excluding hydrogens is 214 g/mol. The van der Waals surface area contributed by atoms with Crippen molar-refractivity contribution in [3.05, 3.63) is 0 Å². The fourth-order valence-corrected chi connectivity index (χ4v) is 3.94. The first-order chi connectivity index (χ1) is 7.86. The maximum Gasteiger partial charge on any atom is 0.272 e. The van der Waals surface area contributed by atoms with Crippen molar-refractivity contribution in [2.24, 2.45) is 5.73 Å². The Morgan fingerprint density at radius 2 is 2.06 bits per heavy atom. The van der Waals surface area contributed by atoms with Crippen molar-refractivity contribution in [3.63, 3.8) is 0 Å². The maximum absolute atomic E-state index is 11.3. The second-order valence-electron chi connectivity index (χ2n) is 6.34. The smallest absolute Gasteiger partial charge is 0.272 e. The van der Waals surface area contributed by atoms with Gasteiger partial charge in [0.25, 0.3) is 5.91 Å². The Morgan fingerprint density at radius 3 is 2.41 bits per heavy atom. The van der Waals surface area contributed by atoms with Crippen LogP contribution in [-0.4, -0.2) is 59.1 Å². The molecule has 2 aliphatic rings. The van der Waals surface area contributed by atoms with E-state index in [1.165, 1.54) is 6.42 Å². The highest BCUT2D eigenvalue weighted by atomic mass is 16.1. The summed E-state index contributed by atoms with van der Waals surface area (Å²) < 4.78 is 0.920. The first kappa shape index (κ1) is 12.8. The predicted octanol–water partition coefficient (Wildman–Crippen LogP) is 0.562. The molecule has 98 valence electrons. The zero-order valence-electron chi connectivity index (χ0n) is 11.5. The molecule has 1 unspecified atom stereocenters. The predicted molar refractivity (Wildman–Crippen MR) is 68.4 cm³/mol. The zero-order valence-corrected chi connectivity index (χ0v) is 11.5. The summed E-state index contributed by atoms with van der Waals surface area (Å²) in [4.78, 5) is 13.9. The van der Waals surface area contributed by atoms with E-state index < -0.39 is 0 Å². The summed E-state index contributed by atoms with van der Waals surface area (Å²) in [5.74, 6) is -0.151. The van der Waals surface area contributed by atoms with Crippen molar-refractivity contribution in [1.82, 2.24) is 4.90 Å². The second-order valence-corrected chi connectivity index (χ2v) is 6.34. The van der Waals surface area contributed by atoms with Gasteiger partial charge in [0.2, 0.25) is 0 Å². The van der Waals surface area contributed by atoms with Gasteiger partial charge in [0.15, 0.2) is 6.54 Å². The number of hydrogen-bond donors (Lipinski definition) is 1. The molecule has 0 spiro atoms. The number of hydrogen-bond acceptors (Lipinski definition) is 2. The van der Waals surface area contributed by atoms with Gasteiger partial charge in [-0.2, -0.15) is 0 Å². The Kier molecular flexibility index (Phi) is 3.21. The number of nitrogens with two attached hydrogens (primary N) is 1. The molecule has 2 N–H and O–H groups in total. The van der Waals surface area contributed by atoms with Crippen LogP contribution in [0, 0.1) is 0 Å². The molecule has 2 rings (SSSR count). The number of rotatable bonds is 4. The highest BCUT2D eigenvalue weighted by Gasteiger charge is 2.56. The van der Waals surface area contributed by atoms with E-state index in [0.29, 0.717) is 30.7 Å². The molecule has 3 atom stereocenters. The molecule has 0 aromatic heterocycles. The number of primary amides is 1. The Morgan fingerprint density at radius 1 is 1.41 bits per heavy atom. The van der Waals surface area contributed by atoms with Crippen LogP contribution in [0.1, 0.15) is 34.1 Å². The molecule has 2 saturated heterocycles. The summed E-state index contributed by atoms with van der Waals surface area (Å²) in [6, 6.07) is 2.37. The van der Waals surface area contributed by atoms with E-state index in [2.05, 4.69) is 32.6 Å². The molecule has 2 aliphatic heterocycles. The van der Waals surface area contributed by atoms with Crippen molar-refractivity contribution in [2.45, 2.75) is 58.3 Å². The number of piperazine rings is 1. The topological polar surface area (TPSA) is 46.3 Å². The second kappa shape index (κ2) is 4.25. The Hall–Kier alpha value is -0.610. The summed E-state index contributed by atoms with van der Waals surface area (Å²) in [7, 11) is 0. The lowest BCUT2D eigenvalue weighted by atomic mass is 10.1. The highest BCUT2D eigenvalue weighted by Crippen LogP contribution is 2.39. The average Bonchev–Trinajstić information content (AvgIpc) is 2.73. The van der Waals surface area contributed by atoms with Crippen LogP contribution in [0.3, 0.4) is 0 Å². The number of likely N-dealkylation sites (tertiary alicyclic amines) is 2. The Labute approximate surface area is 104 Å². The highest BCUT2D eigenvalue weighted by molar-refractivity contribution is 5.75. The summed E-state index contributed by atoms with van der Waals surface area (Å²) in [6.07, 6.45) is 1.24. The molecule has 2 bridgehead atoms. The average molecular weight is 240 g/mol. The normalized spacial score (nSPS) is 37.3. The number of quaternary nitrogens is 1. The lowest BCUT2D eigenvalue weighted by Crippen LogP contribution is -2.66. The molecule has 0 saturated carbocycles. The fraction of sp³-hybridized carbons (Fsp3) is 0.923. The lowest BCUT2D eigenvalue weighted by Gasteiger charge is -2.47. The van der Waals surface area contributed by atoms with Crippen molar-refractivity contribution in [3.8, 4) is 0 Å². The molecule has 1 amide bonds. The van der Waals surface area contributed by atoms with Gasteiger partial charge in [-0.05, 0) is 27.7 Å². The van der Waals surface area contributed by atoms with Crippen LogP contribution in [0.4, 0.5) is 0 Å². The van der Waals surface area contributed by atoms with Crippen LogP contribution < -0.4 is 5.73 Å². The largest absolute Gasteiger partial charge is 0.365 e. The van der Waals surface area contributed by atoms with Crippen molar-refractivity contribution in [1.29, 1.82) is 0 Å². The number of carbonyl (C=O) groups is 1. The van der Waals surface area contributed by atoms with Crippen molar-refractivity contribution >= 4 is 5.91 Å². The molecule has 0 radical (unpaired) electrons. The zero-order chi connectivity index (χ0) is 12.8. The van der Waals surface area contributed by atoms with Crippen LogP contribution >= 0.6 is 0 Å². The number of nitrogens with zero attached hydrogens (tertiary/aromatic N) is 2. The van der Waals surface area contributed by atoms with Crippen LogP contribution in [0.25, 0.3) is 0 Å². The molecule has 0 aromatic carbocycles. The number of fused-ring (bicyclic) bond motifs is 2. The van der Waals surface area contributed by atoms with Gasteiger partial charge in [-0.3, -0.25) is 9.69 Å². The van der Waals surface area contributed by atoms with Gasteiger partial charge in [-0.15, -0.1) is 0 Å². The monoisotopic (exact) mass is 240 g/mol. The third-order valence-corrected chi connectivity index (χ3v) is 4.85. The first-order valence-electron chi connectivity index (χ1n) is 6.77. The lowest BCUT2D eigenvalue weighted by molar-refractivity contribution is -0.955. The van der Waals surface area contributed by atoms with Crippen LogP contribution in [0.5, 0.6) is 0 Å². The van der Waals surface area contributed by atoms with Gasteiger partial charge in [0.05, 0.1) is 25.2 Å².